The average Bonchev–Trinajstić information content (AvgIpc) is 1.80. The number of Topliss-reactive ketones (excluding diaryl/α,β-unsaturated/α-hetero) is 3. The number of benzene rings is 2. The number of methoxy groups -OCH3 is 2. The first-order valence-corrected chi connectivity index (χ1v) is 35.7. The van der Waals surface area contributed by atoms with Gasteiger partial charge >= 0.3 is 12.1 Å². The quantitative estimate of drug-likeness (QED) is 0.0305. The molecule has 2 aliphatic rings. The van der Waals surface area contributed by atoms with Crippen LogP contribution in [0.25, 0.3) is 0 Å². The number of nitrogens with zero attached hydrogens (tertiary/aromatic N) is 4. The van der Waals surface area contributed by atoms with Crippen LogP contribution in [0.1, 0.15) is 197 Å². The summed E-state index contributed by atoms with van der Waals surface area (Å²) in [6.45, 7) is 25.9. The Balaban J connectivity index is 0.000000693. The minimum Gasteiger partial charge on any atom is -0.450 e. The number of primary amides is 1. The van der Waals surface area contributed by atoms with Crippen molar-refractivity contribution in [2.24, 2.45) is 59.0 Å². The molecule has 13 atom stereocenters. The predicted molar refractivity (Wildman–Crippen MR) is 378 cm³/mol. The van der Waals surface area contributed by atoms with Gasteiger partial charge in [-0.1, -0.05) is 137 Å². The SMILES string of the molecule is CCC1CC(=O)N(CCCCCC(=O)N[C@H](C(=O)C[C@@H](CCCNC(N)=O)C(=O)Nc2ccc(C)cc2)C(C)C)C1=O.CCOC(=O)N(C)[C@H](C(=O)C[C@H](C(=O)N(C)[C@@H]([C@@H](C)CC)[C@@H](CC(=O)N1CCC[C@H]1[C@H](OC)[C@@H](C)C(=O)C[C@H](C)[C@@H](O)c1ccccc1)OC)C(C)C)C(C)C.[Y]. The van der Waals surface area contributed by atoms with Crippen LogP contribution in [0.5, 0.6) is 0 Å². The third-order valence-electron chi connectivity index (χ3n) is 19.6. The first kappa shape index (κ1) is 89.1. The third-order valence-corrected chi connectivity index (χ3v) is 19.6. The Hall–Kier alpha value is -6.01. The third kappa shape index (κ3) is 27.7. The molecule has 0 aromatic heterocycles. The second-order valence-corrected chi connectivity index (χ2v) is 28.1. The van der Waals surface area contributed by atoms with Gasteiger partial charge in [-0.05, 0) is 106 Å². The summed E-state index contributed by atoms with van der Waals surface area (Å²) in [6.07, 6.45) is 3.50. The van der Waals surface area contributed by atoms with Gasteiger partial charge in [-0.3, -0.25) is 48.1 Å². The van der Waals surface area contributed by atoms with E-state index >= 15 is 0 Å². The summed E-state index contributed by atoms with van der Waals surface area (Å²) < 4.78 is 17.2. The fourth-order valence-electron chi connectivity index (χ4n) is 13.6. The number of carbonyl (C=O) groups is 11. The summed E-state index contributed by atoms with van der Waals surface area (Å²) in [6, 6.07) is 13.7. The summed E-state index contributed by atoms with van der Waals surface area (Å²) in [5, 5.41) is 19.1. The number of anilines is 1. The molecule has 1 radical (unpaired) electrons. The fourth-order valence-corrected chi connectivity index (χ4v) is 13.6. The summed E-state index contributed by atoms with van der Waals surface area (Å²) >= 11 is 0. The number of ketones is 3. The van der Waals surface area contributed by atoms with E-state index in [1.54, 1.807) is 52.3 Å². The standard InChI is InChI=1S/C44H73N3O9.C31H47N5O6.Y/c1-14-29(7)40(45(10)43(52)33(27(3)4)25-36(49)39(28(5)6)46(11)44(53)56-15-2)37(54-12)26-38(50)47-23-19-22-34(47)42(55-13)31(9)35(48)24-30(8)41(51)32-20-17-16-18-21-32;1-5-22-19-27(39)36(30(22)41)17-8-6-7-11-26(38)35-28(20(2)3)25(37)18-23(10-9-16-33-31(32)42)29(40)34-24-14-12-21(4)13-15-24;/h16-18,20-21,27-31,33-34,37,39-42,51H,14-15,19,22-26H2,1-13H3;12-15,20,22-23,28H,5-11,16-19H2,1-4H3,(H,34,40)(H,35,38)(H3,32,33,42);/t29-,30-,31-,33-,34-,37+,39-,40-,41+,42+;22?,23-,28+;/m01./s1. The van der Waals surface area contributed by atoms with E-state index in [1.165, 1.54) is 9.80 Å². The van der Waals surface area contributed by atoms with Crippen LogP contribution >= 0.6 is 0 Å². The number of ether oxygens (including phenoxy) is 3. The Morgan fingerprint density at radius 3 is 1.93 bits per heavy atom. The molecule has 2 saturated heterocycles. The topological polar surface area (TPSA) is 311 Å². The molecule has 0 aliphatic carbocycles. The number of likely N-dealkylation sites (tertiary alicyclic amines) is 2. The van der Waals surface area contributed by atoms with Gasteiger partial charge in [-0.15, -0.1) is 0 Å². The minimum absolute atomic E-state index is 0. The first-order chi connectivity index (χ1) is 46.3. The van der Waals surface area contributed by atoms with Crippen molar-refractivity contribution >= 4 is 70.6 Å². The molecule has 6 N–H and O–H groups in total. The van der Waals surface area contributed by atoms with Crippen LogP contribution in [0.3, 0.4) is 0 Å². The number of urea groups is 1. The maximum Gasteiger partial charge on any atom is 0.410 e. The van der Waals surface area contributed by atoms with Crippen molar-refractivity contribution < 1.29 is 105 Å². The Kier molecular flexibility index (Phi) is 40.6. The minimum atomic E-state index is -0.779. The van der Waals surface area contributed by atoms with E-state index in [-0.39, 0.29) is 179 Å². The number of nitrogens with one attached hydrogen (secondary N) is 3. The molecule has 9 amide bonds. The van der Waals surface area contributed by atoms with Crippen molar-refractivity contribution in [1.82, 2.24) is 30.2 Å². The van der Waals surface area contributed by atoms with E-state index in [4.69, 9.17) is 19.9 Å². The number of rotatable bonds is 41. The van der Waals surface area contributed by atoms with Crippen molar-refractivity contribution in [3.63, 3.8) is 0 Å². The number of aliphatic hydroxyl groups is 1. The zero-order valence-electron chi connectivity index (χ0n) is 62.5. The van der Waals surface area contributed by atoms with Crippen LogP contribution in [-0.2, 0) is 90.1 Å². The summed E-state index contributed by atoms with van der Waals surface area (Å²) in [4.78, 5) is 149. The normalized spacial score (nSPS) is 17.9. The monoisotopic (exact) mass is 1460 g/mol. The Bertz CT molecular complexity index is 2900. The van der Waals surface area contributed by atoms with Gasteiger partial charge in [0, 0.05) is 142 Å². The van der Waals surface area contributed by atoms with E-state index in [0.717, 1.165) is 24.0 Å². The number of unbranched alkanes of at least 4 members (excludes halogenated alkanes) is 2. The molecule has 553 valence electrons. The average molecular weight is 1460 g/mol. The molecule has 0 spiro atoms. The first-order valence-electron chi connectivity index (χ1n) is 35.7. The van der Waals surface area contributed by atoms with Crippen LogP contribution in [0.4, 0.5) is 15.3 Å². The van der Waals surface area contributed by atoms with Crippen LogP contribution in [0.2, 0.25) is 0 Å². The molecule has 0 bridgehead atoms. The molecule has 2 aromatic carbocycles. The number of hydrogen-bond acceptors (Lipinski definition) is 15. The van der Waals surface area contributed by atoms with Crippen LogP contribution in [-0.4, -0.2) is 181 Å². The molecule has 2 aliphatic heterocycles. The summed E-state index contributed by atoms with van der Waals surface area (Å²) in [5.41, 5.74) is 7.57. The molecular formula is C75H120N8O15Y. The number of likely N-dealkylation sites (N-methyl/N-ethyl adjacent to an activating group) is 2. The van der Waals surface area contributed by atoms with Gasteiger partial charge in [0.2, 0.25) is 35.4 Å². The van der Waals surface area contributed by atoms with Gasteiger partial charge in [0.25, 0.3) is 0 Å². The van der Waals surface area contributed by atoms with Crippen LogP contribution in [0.15, 0.2) is 54.6 Å². The number of imide groups is 1. The van der Waals surface area contributed by atoms with E-state index < -0.39 is 66.3 Å². The molecule has 4 rings (SSSR count). The Morgan fingerprint density at radius 1 is 0.737 bits per heavy atom. The zero-order valence-corrected chi connectivity index (χ0v) is 65.3. The Morgan fingerprint density at radius 2 is 1.38 bits per heavy atom. The van der Waals surface area contributed by atoms with E-state index in [1.807, 2.05) is 130 Å². The van der Waals surface area contributed by atoms with Crippen molar-refractivity contribution in [1.29, 1.82) is 0 Å². The number of amides is 9. The number of aryl methyl sites for hydroxylation is 1. The van der Waals surface area contributed by atoms with Gasteiger partial charge in [-0.25, -0.2) is 9.59 Å². The molecule has 2 fully saturated rings. The molecule has 1 unspecified atom stereocenters. The molecule has 99 heavy (non-hydrogen) atoms. The van der Waals surface area contributed by atoms with Crippen LogP contribution in [0, 0.1) is 60.2 Å². The van der Waals surface area contributed by atoms with Crippen LogP contribution < -0.4 is 21.7 Å². The van der Waals surface area contributed by atoms with E-state index in [9.17, 15) is 57.8 Å². The van der Waals surface area contributed by atoms with Gasteiger partial charge in [0.1, 0.15) is 5.78 Å². The Labute approximate surface area is 615 Å². The second-order valence-electron chi connectivity index (χ2n) is 28.1. The fraction of sp³-hybridized carbons (Fsp3) is 0.693. The number of nitrogens with two attached hydrogens (primary N) is 1. The number of hydrogen-bond donors (Lipinski definition) is 5. The molecule has 24 heteroatoms. The molecule has 2 aromatic rings. The van der Waals surface area contributed by atoms with Crippen molar-refractivity contribution in [2.75, 3.05) is 59.9 Å². The maximum atomic E-state index is 14.4. The molecule has 23 nitrogen and oxygen atoms in total. The van der Waals surface area contributed by atoms with Gasteiger partial charge < -0.3 is 55.7 Å². The summed E-state index contributed by atoms with van der Waals surface area (Å²) in [5.74, 6) is -4.58. The zero-order chi connectivity index (χ0) is 73.7. The van der Waals surface area contributed by atoms with Gasteiger partial charge in [0.15, 0.2) is 11.6 Å². The van der Waals surface area contributed by atoms with Gasteiger partial charge in [0.05, 0.1) is 55.5 Å². The number of carbonyl (C=O) groups excluding carboxylic acids is 11. The smallest absolute Gasteiger partial charge is 0.410 e. The molecule has 2 heterocycles. The number of aliphatic hydroxyl groups excluding tert-OH is 1. The molecule has 0 saturated carbocycles. The van der Waals surface area contributed by atoms with Crippen molar-refractivity contribution in [3.8, 4) is 0 Å². The van der Waals surface area contributed by atoms with Crippen molar-refractivity contribution in [3.05, 3.63) is 65.7 Å². The predicted octanol–water partition coefficient (Wildman–Crippen LogP) is 10.0. The maximum absolute atomic E-state index is 14.4. The summed E-state index contributed by atoms with van der Waals surface area (Å²) in [7, 11) is 6.40. The largest absolute Gasteiger partial charge is 0.450 e. The van der Waals surface area contributed by atoms with Crippen molar-refractivity contribution in [2.45, 2.75) is 229 Å². The molecular weight excluding hydrogens is 1340 g/mol. The van der Waals surface area contributed by atoms with Gasteiger partial charge in [-0.2, -0.15) is 0 Å². The van der Waals surface area contributed by atoms with E-state index in [2.05, 4.69) is 16.0 Å². The second kappa shape index (κ2) is 45.1. The van der Waals surface area contributed by atoms with E-state index in [0.29, 0.717) is 63.7 Å².